The van der Waals surface area contributed by atoms with Crippen molar-refractivity contribution >= 4 is 34.2 Å². The molecule has 0 radical (unpaired) electrons. The van der Waals surface area contributed by atoms with E-state index >= 15 is 0 Å². The molecule has 10 rings (SSSR count). The molecule has 2 fully saturated rings. The van der Waals surface area contributed by atoms with Crippen LogP contribution in [0.4, 0.5) is 0 Å². The number of hydrogen-bond acceptors (Lipinski definition) is 6. The highest BCUT2D eigenvalue weighted by Crippen LogP contribution is 2.31. The SMILES string of the molecule is C=CC(=O)N1CC(n2ccc3c2=C(Oc2ccc(Oc4ccccc4)cc2)CC=CC=3C)C1.C=CC(=O)N1CC(n2ccc3ncc(-c4ccc(Oc5ccccc5)cc4)cc32)C1. The van der Waals surface area contributed by atoms with Crippen molar-refractivity contribution in [2.45, 2.75) is 25.4 Å². The molecule has 3 aromatic heterocycles. The van der Waals surface area contributed by atoms with Crippen LogP contribution in [0.15, 0.2) is 183 Å². The van der Waals surface area contributed by atoms with Crippen LogP contribution >= 0.6 is 0 Å². The molecule has 1 aliphatic carbocycles. The molecule has 0 N–H and O–H groups in total. The van der Waals surface area contributed by atoms with E-state index in [2.05, 4.69) is 70.9 Å². The number of para-hydroxylation sites is 2. The van der Waals surface area contributed by atoms with Crippen LogP contribution in [0.5, 0.6) is 28.7 Å². The molecular formula is C53H47N5O5. The molecule has 2 aliphatic heterocycles. The molecule has 0 bridgehead atoms. The number of allylic oxidation sites excluding steroid dienone is 1. The van der Waals surface area contributed by atoms with Gasteiger partial charge in [0, 0.05) is 62.0 Å². The van der Waals surface area contributed by atoms with E-state index in [4.69, 9.17) is 14.2 Å². The highest BCUT2D eigenvalue weighted by molar-refractivity contribution is 5.88. The standard InChI is InChI=1S/C28H26N2O3.C25H21N3O2/c1-3-27(31)29-18-21(19-29)30-17-16-25-20(2)8-7-11-26(28(25)30)33-24-14-12-23(13-15-24)32-22-9-5-4-6-10-22;1-2-25(29)27-16-20(17-27)28-13-12-23-24(28)14-19(15-26-23)18-8-10-22(11-9-18)30-21-6-4-3-5-7-21/h3-10,12-17,21H,1,11,18-19H2,2H3;2-15,20H,1,16-17H2. The minimum atomic E-state index is -0.0211. The van der Waals surface area contributed by atoms with Crippen molar-refractivity contribution in [3.05, 3.63) is 194 Å². The van der Waals surface area contributed by atoms with Gasteiger partial charge in [0.25, 0.3) is 0 Å². The minimum absolute atomic E-state index is 0.0145. The van der Waals surface area contributed by atoms with E-state index in [1.165, 1.54) is 17.7 Å². The van der Waals surface area contributed by atoms with Crippen LogP contribution in [0, 0.1) is 0 Å². The maximum atomic E-state index is 11.9. The van der Waals surface area contributed by atoms with Crippen molar-refractivity contribution < 1.29 is 23.8 Å². The van der Waals surface area contributed by atoms with Gasteiger partial charge >= 0.3 is 0 Å². The van der Waals surface area contributed by atoms with Gasteiger partial charge in [-0.05, 0) is 109 Å². The van der Waals surface area contributed by atoms with Crippen molar-refractivity contribution in [1.29, 1.82) is 0 Å². The van der Waals surface area contributed by atoms with Crippen LogP contribution in [0.2, 0.25) is 0 Å². The summed E-state index contributed by atoms with van der Waals surface area (Å²) in [6, 6.07) is 42.0. The van der Waals surface area contributed by atoms with Crippen molar-refractivity contribution in [3.63, 3.8) is 0 Å². The first-order valence-corrected chi connectivity index (χ1v) is 21.0. The minimum Gasteiger partial charge on any atom is -0.459 e. The molecule has 0 unspecified atom stereocenters. The molecule has 63 heavy (non-hydrogen) atoms. The van der Waals surface area contributed by atoms with Gasteiger partial charge in [0.2, 0.25) is 11.8 Å². The third kappa shape index (κ3) is 8.83. The van der Waals surface area contributed by atoms with Gasteiger partial charge < -0.3 is 33.1 Å². The average Bonchev–Trinajstić information content (AvgIpc) is 3.87. The van der Waals surface area contributed by atoms with Crippen LogP contribution in [0.3, 0.4) is 0 Å². The summed E-state index contributed by atoms with van der Waals surface area (Å²) in [5.41, 5.74) is 5.36. The molecule has 10 nitrogen and oxygen atoms in total. The molecule has 0 saturated carbocycles. The number of pyridine rings is 1. The second-order valence-electron chi connectivity index (χ2n) is 15.7. The number of hydrogen-bond donors (Lipinski definition) is 0. The summed E-state index contributed by atoms with van der Waals surface area (Å²) < 4.78 is 22.6. The fraction of sp³-hybridized carbons (Fsp3) is 0.151. The zero-order chi connectivity index (χ0) is 43.3. The second-order valence-corrected chi connectivity index (χ2v) is 15.7. The Balaban J connectivity index is 0.000000161. The Bertz CT molecular complexity index is 2940. The van der Waals surface area contributed by atoms with E-state index in [-0.39, 0.29) is 23.9 Å². The Labute approximate surface area is 366 Å². The molecule has 5 heterocycles. The fourth-order valence-electron chi connectivity index (χ4n) is 8.05. The average molecular weight is 834 g/mol. The topological polar surface area (TPSA) is 91.1 Å². The highest BCUT2D eigenvalue weighted by atomic mass is 16.5. The van der Waals surface area contributed by atoms with Gasteiger partial charge in [0.15, 0.2) is 0 Å². The Kier molecular flexibility index (Phi) is 11.6. The summed E-state index contributed by atoms with van der Waals surface area (Å²) in [4.78, 5) is 31.9. The molecule has 2 amide bonds. The molecule has 3 aliphatic rings. The number of carbonyl (C=O) groups excluding carboxylic acids is 2. The third-order valence-electron chi connectivity index (χ3n) is 11.5. The lowest BCUT2D eigenvalue weighted by Crippen LogP contribution is -2.53. The molecule has 2 saturated heterocycles. The van der Waals surface area contributed by atoms with Crippen molar-refractivity contribution in [2.24, 2.45) is 0 Å². The summed E-state index contributed by atoms with van der Waals surface area (Å²) >= 11 is 0. The van der Waals surface area contributed by atoms with Crippen LogP contribution < -0.4 is 24.8 Å². The quantitative estimate of drug-likeness (QED) is 0.121. The predicted molar refractivity (Wildman–Crippen MR) is 247 cm³/mol. The molecule has 4 aromatic carbocycles. The van der Waals surface area contributed by atoms with Gasteiger partial charge in [-0.2, -0.15) is 0 Å². The molecular weight excluding hydrogens is 787 g/mol. The molecule has 10 heteroatoms. The van der Waals surface area contributed by atoms with Crippen molar-refractivity contribution in [3.8, 4) is 39.9 Å². The summed E-state index contributed by atoms with van der Waals surface area (Å²) in [7, 11) is 0. The number of rotatable bonds is 11. The van der Waals surface area contributed by atoms with Crippen molar-refractivity contribution in [2.75, 3.05) is 26.2 Å². The number of benzene rings is 4. The Morgan fingerprint density at radius 3 is 1.70 bits per heavy atom. The Hall–Kier alpha value is -7.85. The second kappa shape index (κ2) is 18.0. The summed E-state index contributed by atoms with van der Waals surface area (Å²) in [5.74, 6) is 4.79. The first kappa shape index (κ1) is 40.6. The van der Waals surface area contributed by atoms with E-state index in [0.717, 1.165) is 67.2 Å². The van der Waals surface area contributed by atoms with E-state index in [0.29, 0.717) is 32.6 Å². The first-order chi connectivity index (χ1) is 30.8. The zero-order valence-electron chi connectivity index (χ0n) is 35.0. The number of nitrogens with zero attached hydrogens (tertiary/aromatic N) is 5. The van der Waals surface area contributed by atoms with Crippen LogP contribution in [0.25, 0.3) is 33.5 Å². The van der Waals surface area contributed by atoms with Gasteiger partial charge in [-0.3, -0.25) is 14.6 Å². The fourth-order valence-corrected chi connectivity index (χ4v) is 8.05. The number of fused-ring (bicyclic) bond motifs is 2. The third-order valence-corrected chi connectivity index (χ3v) is 11.5. The van der Waals surface area contributed by atoms with Crippen LogP contribution in [0.1, 0.15) is 25.4 Å². The van der Waals surface area contributed by atoms with Gasteiger partial charge in [0.05, 0.1) is 28.5 Å². The number of amides is 2. The summed E-state index contributed by atoms with van der Waals surface area (Å²) in [6.45, 7) is 12.0. The number of ether oxygens (including phenoxy) is 3. The first-order valence-electron chi connectivity index (χ1n) is 21.0. The van der Waals surface area contributed by atoms with Gasteiger partial charge in [-0.25, -0.2) is 0 Å². The van der Waals surface area contributed by atoms with Gasteiger partial charge in [-0.15, -0.1) is 0 Å². The van der Waals surface area contributed by atoms with Crippen LogP contribution in [-0.2, 0) is 9.59 Å². The van der Waals surface area contributed by atoms with Gasteiger partial charge in [-0.1, -0.05) is 73.8 Å². The van der Waals surface area contributed by atoms with Gasteiger partial charge in [0.1, 0.15) is 34.5 Å². The van der Waals surface area contributed by atoms with E-state index < -0.39 is 0 Å². The lowest BCUT2D eigenvalue weighted by atomic mass is 10.1. The molecule has 0 atom stereocenters. The Morgan fingerprint density at radius 2 is 1.13 bits per heavy atom. The molecule has 0 spiro atoms. The smallest absolute Gasteiger partial charge is 0.246 e. The number of aromatic nitrogens is 3. The largest absolute Gasteiger partial charge is 0.459 e. The zero-order valence-corrected chi connectivity index (χ0v) is 35.0. The lowest BCUT2D eigenvalue weighted by Gasteiger charge is -2.39. The number of likely N-dealkylation sites (tertiary alicyclic amines) is 2. The van der Waals surface area contributed by atoms with E-state index in [9.17, 15) is 9.59 Å². The maximum absolute atomic E-state index is 11.9. The molecule has 7 aromatic rings. The monoisotopic (exact) mass is 833 g/mol. The number of carbonyl (C=O) groups is 2. The van der Waals surface area contributed by atoms with E-state index in [1.807, 2.05) is 126 Å². The maximum Gasteiger partial charge on any atom is 0.246 e. The molecule has 314 valence electrons. The van der Waals surface area contributed by atoms with Crippen molar-refractivity contribution in [1.82, 2.24) is 23.9 Å². The summed E-state index contributed by atoms with van der Waals surface area (Å²) in [5, 5.41) is 2.24. The van der Waals surface area contributed by atoms with Crippen LogP contribution in [-0.4, -0.2) is 61.9 Å². The lowest BCUT2D eigenvalue weighted by molar-refractivity contribution is -0.132. The van der Waals surface area contributed by atoms with E-state index in [1.54, 1.807) is 4.90 Å². The highest BCUT2D eigenvalue weighted by Gasteiger charge is 2.32. The predicted octanol–water partition coefficient (Wildman–Crippen LogP) is 9.23. The normalized spacial score (nSPS) is 14.7. The Morgan fingerprint density at radius 1 is 0.619 bits per heavy atom. The summed E-state index contributed by atoms with van der Waals surface area (Å²) in [6.07, 6.45) is 13.8.